The molecule has 1 rings (SSSR count). The third kappa shape index (κ3) is 3.20. The van der Waals surface area contributed by atoms with Gasteiger partial charge in [-0.3, -0.25) is 4.79 Å². The summed E-state index contributed by atoms with van der Waals surface area (Å²) in [5, 5.41) is 3.12. The molecule has 1 aliphatic carbocycles. The predicted octanol–water partition coefficient (Wildman–Crippen LogP) is 1.81. The maximum Gasteiger partial charge on any atom is 0.226 e. The van der Waals surface area contributed by atoms with Crippen molar-refractivity contribution >= 4 is 5.91 Å². The zero-order valence-corrected chi connectivity index (χ0v) is 10.2. The van der Waals surface area contributed by atoms with E-state index in [1.165, 1.54) is 12.8 Å². The van der Waals surface area contributed by atoms with E-state index in [4.69, 9.17) is 5.73 Å². The Kier molecular flexibility index (Phi) is 3.77. The molecular weight excluding hydrogens is 188 g/mol. The molecule has 0 bridgehead atoms. The van der Waals surface area contributed by atoms with Crippen LogP contribution in [0.1, 0.15) is 52.9 Å². The molecule has 0 aliphatic heterocycles. The van der Waals surface area contributed by atoms with Crippen molar-refractivity contribution < 1.29 is 4.79 Å². The van der Waals surface area contributed by atoms with Crippen LogP contribution in [0.15, 0.2) is 0 Å². The first kappa shape index (κ1) is 12.5. The first-order valence-electron chi connectivity index (χ1n) is 5.92. The SMILES string of the molecule is CC(C)(CCN)NC(=O)C1(C)CCCC1. The van der Waals surface area contributed by atoms with Crippen LogP contribution in [0.4, 0.5) is 0 Å². The van der Waals surface area contributed by atoms with Gasteiger partial charge in [-0.2, -0.15) is 0 Å². The highest BCUT2D eigenvalue weighted by atomic mass is 16.2. The zero-order valence-electron chi connectivity index (χ0n) is 10.2. The highest BCUT2D eigenvalue weighted by Gasteiger charge is 2.38. The number of nitrogens with two attached hydrogens (primary N) is 1. The van der Waals surface area contributed by atoms with Crippen molar-refractivity contribution in [2.75, 3.05) is 6.54 Å². The van der Waals surface area contributed by atoms with Crippen LogP contribution in [0.2, 0.25) is 0 Å². The van der Waals surface area contributed by atoms with Gasteiger partial charge in [0, 0.05) is 11.0 Å². The van der Waals surface area contributed by atoms with Gasteiger partial charge >= 0.3 is 0 Å². The second kappa shape index (κ2) is 4.52. The van der Waals surface area contributed by atoms with Crippen molar-refractivity contribution in [3.05, 3.63) is 0 Å². The lowest BCUT2D eigenvalue weighted by atomic mass is 9.86. The zero-order chi connectivity index (χ0) is 11.5. The Morgan fingerprint density at radius 3 is 2.40 bits per heavy atom. The minimum absolute atomic E-state index is 0.133. The van der Waals surface area contributed by atoms with Crippen molar-refractivity contribution in [3.63, 3.8) is 0 Å². The smallest absolute Gasteiger partial charge is 0.226 e. The largest absolute Gasteiger partial charge is 0.351 e. The Hall–Kier alpha value is -0.570. The molecule has 0 aromatic rings. The first-order valence-corrected chi connectivity index (χ1v) is 5.92. The number of carbonyl (C=O) groups excluding carboxylic acids is 1. The minimum Gasteiger partial charge on any atom is -0.351 e. The molecule has 3 heteroatoms. The summed E-state index contributed by atoms with van der Waals surface area (Å²) in [5.74, 6) is 0.207. The Balaban J connectivity index is 2.54. The van der Waals surface area contributed by atoms with Crippen LogP contribution in [0, 0.1) is 5.41 Å². The van der Waals surface area contributed by atoms with Crippen molar-refractivity contribution in [3.8, 4) is 0 Å². The van der Waals surface area contributed by atoms with Crippen molar-refractivity contribution in [1.29, 1.82) is 0 Å². The first-order chi connectivity index (χ1) is 6.90. The van der Waals surface area contributed by atoms with Crippen LogP contribution in [0.5, 0.6) is 0 Å². The Bertz CT molecular complexity index is 230. The average molecular weight is 212 g/mol. The van der Waals surface area contributed by atoms with E-state index in [9.17, 15) is 4.79 Å². The molecule has 0 radical (unpaired) electrons. The maximum absolute atomic E-state index is 12.1. The van der Waals surface area contributed by atoms with E-state index in [-0.39, 0.29) is 16.9 Å². The van der Waals surface area contributed by atoms with Gasteiger partial charge in [0.1, 0.15) is 0 Å². The average Bonchev–Trinajstić information content (AvgIpc) is 2.52. The summed E-state index contributed by atoms with van der Waals surface area (Å²) in [5.41, 5.74) is 5.22. The predicted molar refractivity (Wildman–Crippen MR) is 62.5 cm³/mol. The van der Waals surface area contributed by atoms with E-state index in [2.05, 4.69) is 12.2 Å². The molecule has 0 aromatic carbocycles. The summed E-state index contributed by atoms with van der Waals surface area (Å²) in [6, 6.07) is 0. The molecule has 1 amide bonds. The van der Waals surface area contributed by atoms with Crippen LogP contribution in [-0.2, 0) is 4.79 Å². The lowest BCUT2D eigenvalue weighted by molar-refractivity contribution is -0.131. The Labute approximate surface area is 92.8 Å². The highest BCUT2D eigenvalue weighted by Crippen LogP contribution is 2.38. The quantitative estimate of drug-likeness (QED) is 0.746. The molecule has 0 aromatic heterocycles. The number of nitrogens with one attached hydrogen (secondary N) is 1. The minimum atomic E-state index is -0.169. The van der Waals surface area contributed by atoms with E-state index in [1.54, 1.807) is 0 Å². The molecule has 15 heavy (non-hydrogen) atoms. The fraction of sp³-hybridized carbons (Fsp3) is 0.917. The van der Waals surface area contributed by atoms with E-state index in [0.717, 1.165) is 19.3 Å². The highest BCUT2D eigenvalue weighted by molar-refractivity contribution is 5.83. The third-order valence-corrected chi connectivity index (χ3v) is 3.48. The summed E-state index contributed by atoms with van der Waals surface area (Å²) < 4.78 is 0. The third-order valence-electron chi connectivity index (χ3n) is 3.48. The van der Waals surface area contributed by atoms with Gasteiger partial charge in [0.15, 0.2) is 0 Å². The molecule has 3 N–H and O–H groups in total. The standard InChI is InChI=1S/C12H24N2O/c1-11(2,8-9-13)14-10(15)12(3)6-4-5-7-12/h4-9,13H2,1-3H3,(H,14,15). The van der Waals surface area contributed by atoms with Crippen LogP contribution in [0.25, 0.3) is 0 Å². The van der Waals surface area contributed by atoms with Crippen molar-refractivity contribution in [2.24, 2.45) is 11.1 Å². The Morgan fingerprint density at radius 2 is 1.93 bits per heavy atom. The number of rotatable bonds is 4. The number of amides is 1. The van der Waals surface area contributed by atoms with Gasteiger partial charge in [-0.1, -0.05) is 19.8 Å². The lowest BCUT2D eigenvalue weighted by Crippen LogP contribution is -2.49. The van der Waals surface area contributed by atoms with Crippen molar-refractivity contribution in [2.45, 2.75) is 58.4 Å². The van der Waals surface area contributed by atoms with Crippen LogP contribution in [0.3, 0.4) is 0 Å². The maximum atomic E-state index is 12.1. The molecule has 3 nitrogen and oxygen atoms in total. The van der Waals surface area contributed by atoms with Crippen LogP contribution >= 0.6 is 0 Å². The monoisotopic (exact) mass is 212 g/mol. The molecule has 0 saturated heterocycles. The molecule has 1 aliphatic rings. The van der Waals surface area contributed by atoms with E-state index < -0.39 is 0 Å². The molecule has 1 fully saturated rings. The van der Waals surface area contributed by atoms with Gasteiger partial charge in [-0.15, -0.1) is 0 Å². The van der Waals surface area contributed by atoms with Gasteiger partial charge in [-0.05, 0) is 39.7 Å². The fourth-order valence-electron chi connectivity index (χ4n) is 2.26. The van der Waals surface area contributed by atoms with Gasteiger partial charge in [0.2, 0.25) is 5.91 Å². The van der Waals surface area contributed by atoms with Gasteiger partial charge in [0.25, 0.3) is 0 Å². The van der Waals surface area contributed by atoms with Crippen LogP contribution in [-0.4, -0.2) is 18.0 Å². The summed E-state index contributed by atoms with van der Waals surface area (Å²) in [6.45, 7) is 6.77. The molecule has 0 unspecified atom stereocenters. The summed E-state index contributed by atoms with van der Waals surface area (Å²) in [6.07, 6.45) is 5.24. The second-order valence-corrected chi connectivity index (χ2v) is 5.64. The Morgan fingerprint density at radius 1 is 1.40 bits per heavy atom. The van der Waals surface area contributed by atoms with Crippen LogP contribution < -0.4 is 11.1 Å². The molecular formula is C12H24N2O. The van der Waals surface area contributed by atoms with E-state index in [1.807, 2.05) is 13.8 Å². The number of hydrogen-bond acceptors (Lipinski definition) is 2. The van der Waals surface area contributed by atoms with Gasteiger partial charge in [-0.25, -0.2) is 0 Å². The van der Waals surface area contributed by atoms with Gasteiger partial charge < -0.3 is 11.1 Å². The summed E-state index contributed by atoms with van der Waals surface area (Å²) in [7, 11) is 0. The topological polar surface area (TPSA) is 55.1 Å². The second-order valence-electron chi connectivity index (χ2n) is 5.64. The number of carbonyl (C=O) groups is 1. The molecule has 1 saturated carbocycles. The summed E-state index contributed by atoms with van der Waals surface area (Å²) >= 11 is 0. The fourth-order valence-corrected chi connectivity index (χ4v) is 2.26. The molecule has 0 heterocycles. The van der Waals surface area contributed by atoms with E-state index in [0.29, 0.717) is 6.54 Å². The molecule has 88 valence electrons. The summed E-state index contributed by atoms with van der Waals surface area (Å²) in [4.78, 5) is 12.1. The molecule has 0 spiro atoms. The van der Waals surface area contributed by atoms with E-state index >= 15 is 0 Å². The lowest BCUT2D eigenvalue weighted by Gasteiger charge is -2.31. The van der Waals surface area contributed by atoms with Crippen molar-refractivity contribution in [1.82, 2.24) is 5.32 Å². The number of hydrogen-bond donors (Lipinski definition) is 2. The molecule has 0 atom stereocenters. The normalized spacial score (nSPS) is 20.3. The van der Waals surface area contributed by atoms with Gasteiger partial charge in [0.05, 0.1) is 0 Å².